The Balaban J connectivity index is 1.88. The lowest BCUT2D eigenvalue weighted by molar-refractivity contribution is 0.142. The van der Waals surface area contributed by atoms with Crippen molar-refractivity contribution >= 4 is 15.9 Å². The van der Waals surface area contributed by atoms with Gasteiger partial charge in [0.1, 0.15) is 0 Å². The first kappa shape index (κ1) is 8.29. The summed E-state index contributed by atoms with van der Waals surface area (Å²) in [6.07, 6.45) is 1.77. The number of furan rings is 1. The van der Waals surface area contributed by atoms with Crippen molar-refractivity contribution in [3.8, 4) is 0 Å². The highest BCUT2D eigenvalue weighted by Gasteiger charge is 2.22. The summed E-state index contributed by atoms with van der Waals surface area (Å²) in [5.74, 6) is 0. The second-order valence-electron chi connectivity index (χ2n) is 3.21. The normalized spacial score (nSPS) is 19.5. The number of nitrogens with two attached hydrogens (primary N) is 1. The van der Waals surface area contributed by atoms with Gasteiger partial charge in [-0.15, -0.1) is 0 Å². The summed E-state index contributed by atoms with van der Waals surface area (Å²) in [5.41, 5.74) is 6.86. The maximum atomic E-state index is 5.65. The molecule has 1 aliphatic heterocycles. The zero-order valence-corrected chi connectivity index (χ0v) is 8.25. The van der Waals surface area contributed by atoms with Crippen molar-refractivity contribution in [1.29, 1.82) is 0 Å². The Labute approximate surface area is 79.6 Å². The first-order valence-corrected chi connectivity index (χ1v) is 4.74. The van der Waals surface area contributed by atoms with E-state index in [2.05, 4.69) is 20.8 Å². The molecule has 0 unspecified atom stereocenters. The Morgan fingerprint density at radius 1 is 1.67 bits per heavy atom. The van der Waals surface area contributed by atoms with E-state index >= 15 is 0 Å². The molecule has 2 N–H and O–H groups in total. The van der Waals surface area contributed by atoms with Crippen molar-refractivity contribution in [2.24, 2.45) is 5.73 Å². The van der Waals surface area contributed by atoms with E-state index in [0.29, 0.717) is 6.04 Å². The van der Waals surface area contributed by atoms with E-state index in [-0.39, 0.29) is 0 Å². The highest BCUT2D eigenvalue weighted by atomic mass is 79.9. The Morgan fingerprint density at radius 3 is 2.92 bits per heavy atom. The van der Waals surface area contributed by atoms with Crippen molar-refractivity contribution in [2.45, 2.75) is 12.6 Å². The van der Waals surface area contributed by atoms with Gasteiger partial charge in [-0.1, -0.05) is 0 Å². The van der Waals surface area contributed by atoms with Gasteiger partial charge >= 0.3 is 0 Å². The van der Waals surface area contributed by atoms with Gasteiger partial charge in [-0.05, 0) is 22.0 Å². The third-order valence-electron chi connectivity index (χ3n) is 2.01. The molecule has 1 saturated heterocycles. The molecule has 2 rings (SSSR count). The number of halogens is 1. The summed E-state index contributed by atoms with van der Waals surface area (Å²) in [5, 5.41) is 0. The van der Waals surface area contributed by atoms with Gasteiger partial charge in [-0.2, -0.15) is 0 Å². The molecule has 3 nitrogen and oxygen atoms in total. The van der Waals surface area contributed by atoms with E-state index in [9.17, 15) is 0 Å². The maximum absolute atomic E-state index is 5.65. The van der Waals surface area contributed by atoms with Crippen molar-refractivity contribution in [1.82, 2.24) is 4.90 Å². The Kier molecular flexibility index (Phi) is 2.21. The highest BCUT2D eigenvalue weighted by molar-refractivity contribution is 9.10. The van der Waals surface area contributed by atoms with Gasteiger partial charge in [0.25, 0.3) is 0 Å². The molecule has 0 aromatic carbocycles. The molecule has 0 aliphatic carbocycles. The zero-order chi connectivity index (χ0) is 8.55. The average Bonchev–Trinajstić information content (AvgIpc) is 2.33. The molecule has 0 spiro atoms. The number of nitrogens with zero attached hydrogens (tertiary/aromatic N) is 1. The molecule has 1 fully saturated rings. The van der Waals surface area contributed by atoms with Crippen LogP contribution in [0.2, 0.25) is 0 Å². The molecule has 0 radical (unpaired) electrons. The lowest BCUT2D eigenvalue weighted by atomic mass is 10.1. The van der Waals surface area contributed by atoms with Crippen molar-refractivity contribution in [2.75, 3.05) is 13.1 Å². The standard InChI is InChI=1S/C8H11BrN2O/c9-8-1-6(5-12-8)2-11-3-7(10)4-11/h1,5,7H,2-4,10H2. The van der Waals surface area contributed by atoms with Crippen LogP contribution in [-0.4, -0.2) is 24.0 Å². The Hall–Kier alpha value is -0.320. The largest absolute Gasteiger partial charge is 0.457 e. The molecular formula is C8H11BrN2O. The van der Waals surface area contributed by atoms with Crippen LogP contribution in [0.1, 0.15) is 5.56 Å². The van der Waals surface area contributed by atoms with E-state index in [0.717, 1.165) is 24.3 Å². The molecule has 1 aromatic heterocycles. The zero-order valence-electron chi connectivity index (χ0n) is 6.66. The third-order valence-corrected chi connectivity index (χ3v) is 2.43. The van der Waals surface area contributed by atoms with Crippen LogP contribution in [0.4, 0.5) is 0 Å². The monoisotopic (exact) mass is 230 g/mol. The van der Waals surface area contributed by atoms with E-state index in [1.807, 2.05) is 6.07 Å². The van der Waals surface area contributed by atoms with Crippen LogP contribution in [0, 0.1) is 0 Å². The molecule has 66 valence electrons. The van der Waals surface area contributed by atoms with Crippen LogP contribution in [0.5, 0.6) is 0 Å². The molecule has 12 heavy (non-hydrogen) atoms. The molecule has 4 heteroatoms. The van der Waals surface area contributed by atoms with E-state index in [1.165, 1.54) is 5.56 Å². The summed E-state index contributed by atoms with van der Waals surface area (Å²) in [7, 11) is 0. The fourth-order valence-corrected chi connectivity index (χ4v) is 1.81. The summed E-state index contributed by atoms with van der Waals surface area (Å²) >= 11 is 3.26. The van der Waals surface area contributed by atoms with Crippen LogP contribution in [0.25, 0.3) is 0 Å². The van der Waals surface area contributed by atoms with Gasteiger partial charge in [0.2, 0.25) is 0 Å². The number of rotatable bonds is 2. The second-order valence-corrected chi connectivity index (χ2v) is 3.99. The van der Waals surface area contributed by atoms with Gasteiger partial charge in [-0.25, -0.2) is 0 Å². The molecule has 0 amide bonds. The second kappa shape index (κ2) is 3.20. The van der Waals surface area contributed by atoms with Gasteiger partial charge in [-0.3, -0.25) is 4.90 Å². The first-order valence-electron chi connectivity index (χ1n) is 3.95. The third kappa shape index (κ3) is 1.71. The van der Waals surface area contributed by atoms with Crippen LogP contribution in [-0.2, 0) is 6.54 Å². The predicted octanol–water partition coefficient (Wildman–Crippen LogP) is 1.18. The fourth-order valence-electron chi connectivity index (χ4n) is 1.43. The number of hydrogen-bond donors (Lipinski definition) is 1. The topological polar surface area (TPSA) is 42.4 Å². The quantitative estimate of drug-likeness (QED) is 0.831. The molecule has 2 heterocycles. The SMILES string of the molecule is NC1CN(Cc2coc(Br)c2)C1. The first-order chi connectivity index (χ1) is 5.74. The van der Waals surface area contributed by atoms with Crippen molar-refractivity contribution in [3.05, 3.63) is 22.6 Å². The van der Waals surface area contributed by atoms with Crippen LogP contribution >= 0.6 is 15.9 Å². The van der Waals surface area contributed by atoms with Crippen LogP contribution < -0.4 is 5.73 Å². The van der Waals surface area contributed by atoms with Gasteiger partial charge < -0.3 is 10.2 Å². The molecule has 1 aromatic rings. The van der Waals surface area contributed by atoms with E-state index in [1.54, 1.807) is 6.26 Å². The van der Waals surface area contributed by atoms with E-state index < -0.39 is 0 Å². The summed E-state index contributed by atoms with van der Waals surface area (Å²) in [4.78, 5) is 2.29. The minimum absolute atomic E-state index is 0.375. The predicted molar refractivity (Wildman–Crippen MR) is 49.7 cm³/mol. The fraction of sp³-hybridized carbons (Fsp3) is 0.500. The lowest BCUT2D eigenvalue weighted by Gasteiger charge is -2.36. The van der Waals surface area contributed by atoms with Crippen LogP contribution in [0.15, 0.2) is 21.4 Å². The number of likely N-dealkylation sites (tertiary alicyclic amines) is 1. The van der Waals surface area contributed by atoms with Gasteiger partial charge in [0.05, 0.1) is 6.26 Å². The molecule has 1 aliphatic rings. The van der Waals surface area contributed by atoms with Crippen LogP contribution in [0.3, 0.4) is 0 Å². The molecule has 0 atom stereocenters. The molecule has 0 bridgehead atoms. The Bertz CT molecular complexity index is 268. The molecular weight excluding hydrogens is 220 g/mol. The maximum Gasteiger partial charge on any atom is 0.169 e. The highest BCUT2D eigenvalue weighted by Crippen LogP contribution is 2.17. The number of hydrogen-bond acceptors (Lipinski definition) is 3. The average molecular weight is 231 g/mol. The minimum Gasteiger partial charge on any atom is -0.457 e. The van der Waals surface area contributed by atoms with Crippen molar-refractivity contribution < 1.29 is 4.42 Å². The summed E-state index contributed by atoms with van der Waals surface area (Å²) in [6, 6.07) is 2.37. The van der Waals surface area contributed by atoms with Gasteiger partial charge in [0.15, 0.2) is 4.67 Å². The minimum atomic E-state index is 0.375. The smallest absolute Gasteiger partial charge is 0.169 e. The summed E-state index contributed by atoms with van der Waals surface area (Å²) < 4.78 is 5.91. The summed E-state index contributed by atoms with van der Waals surface area (Å²) in [6.45, 7) is 2.95. The van der Waals surface area contributed by atoms with E-state index in [4.69, 9.17) is 10.2 Å². The molecule has 0 saturated carbocycles. The van der Waals surface area contributed by atoms with Gasteiger partial charge in [0, 0.05) is 31.2 Å². The van der Waals surface area contributed by atoms with Crippen molar-refractivity contribution in [3.63, 3.8) is 0 Å². The lowest BCUT2D eigenvalue weighted by Crippen LogP contribution is -2.54. The Morgan fingerprint density at radius 2 is 2.42 bits per heavy atom.